The summed E-state index contributed by atoms with van der Waals surface area (Å²) < 4.78 is 10.8. The van der Waals surface area contributed by atoms with Gasteiger partial charge >= 0.3 is 6.09 Å². The van der Waals surface area contributed by atoms with Gasteiger partial charge in [0.05, 0.1) is 30.2 Å². The lowest BCUT2D eigenvalue weighted by Gasteiger charge is -2.27. The van der Waals surface area contributed by atoms with Gasteiger partial charge in [-0.2, -0.15) is 0 Å². The summed E-state index contributed by atoms with van der Waals surface area (Å²) in [7, 11) is 1.54. The maximum absolute atomic E-state index is 12.5. The number of pyridine rings is 1. The molecule has 1 atom stereocenters. The first-order chi connectivity index (χ1) is 11.6. The van der Waals surface area contributed by atoms with Crippen molar-refractivity contribution in [1.29, 1.82) is 0 Å². The van der Waals surface area contributed by atoms with Gasteiger partial charge in [-0.25, -0.2) is 4.79 Å². The molecule has 6 nitrogen and oxygen atoms in total. The van der Waals surface area contributed by atoms with E-state index in [9.17, 15) is 9.59 Å². The van der Waals surface area contributed by atoms with Crippen LogP contribution in [-0.2, 0) is 11.3 Å². The first-order valence-corrected chi connectivity index (χ1v) is 8.42. The van der Waals surface area contributed by atoms with Crippen LogP contribution in [0, 0.1) is 0 Å². The number of benzene rings is 1. The molecule has 1 aromatic carbocycles. The van der Waals surface area contributed by atoms with Crippen LogP contribution < -0.4 is 10.3 Å². The zero-order chi connectivity index (χ0) is 18.5. The van der Waals surface area contributed by atoms with Crippen LogP contribution in [-0.4, -0.2) is 28.7 Å². The van der Waals surface area contributed by atoms with Gasteiger partial charge in [-0.15, -0.1) is 0 Å². The Labute approximate surface area is 150 Å². The molecule has 1 aromatic heterocycles. The molecule has 7 heteroatoms. The van der Waals surface area contributed by atoms with E-state index in [1.54, 1.807) is 17.0 Å². The van der Waals surface area contributed by atoms with Gasteiger partial charge in [0.2, 0.25) is 0 Å². The minimum Gasteiger partial charge on any atom is -0.495 e. The van der Waals surface area contributed by atoms with Crippen LogP contribution >= 0.6 is 11.6 Å². The van der Waals surface area contributed by atoms with Crippen molar-refractivity contribution in [2.24, 2.45) is 0 Å². The molecule has 0 saturated carbocycles. The number of halogens is 1. The first kappa shape index (κ1) is 17.6. The third-order valence-corrected chi connectivity index (χ3v) is 4.57. The van der Waals surface area contributed by atoms with Crippen LogP contribution in [0.1, 0.15) is 44.9 Å². The molecule has 2 aromatic rings. The number of hydrogen-bond acceptors (Lipinski definition) is 4. The molecule has 0 spiro atoms. The Bertz CT molecular complexity index is 914. The number of fused-ring (bicyclic) bond motifs is 3. The van der Waals surface area contributed by atoms with Crippen LogP contribution in [0.15, 0.2) is 16.9 Å². The largest absolute Gasteiger partial charge is 0.495 e. The molecule has 1 N–H and O–H groups in total. The maximum atomic E-state index is 12.5. The van der Waals surface area contributed by atoms with E-state index in [1.165, 1.54) is 7.11 Å². The quantitative estimate of drug-likeness (QED) is 0.830. The smallest absolute Gasteiger partial charge is 0.411 e. The average molecular weight is 365 g/mol. The zero-order valence-electron chi connectivity index (χ0n) is 14.9. The van der Waals surface area contributed by atoms with Crippen LogP contribution in [0.3, 0.4) is 0 Å². The normalized spacial score (nSPS) is 16.9. The highest BCUT2D eigenvalue weighted by Crippen LogP contribution is 2.39. The maximum Gasteiger partial charge on any atom is 0.411 e. The molecule has 1 aliphatic heterocycles. The molecule has 1 amide bonds. The number of nitrogens with one attached hydrogen (secondary N) is 1. The SMILES string of the molecule is COc1cc2c3c(c(=O)[nH]c2cc1Cl)CN(C(=O)OC(C)(C)C)[C@H]3C. The van der Waals surface area contributed by atoms with Crippen molar-refractivity contribution < 1.29 is 14.3 Å². The second-order valence-corrected chi connectivity index (χ2v) is 7.57. The number of amides is 1. The van der Waals surface area contributed by atoms with Crippen molar-refractivity contribution in [2.45, 2.75) is 45.9 Å². The number of hydrogen-bond donors (Lipinski definition) is 1. The Kier molecular flexibility index (Phi) is 4.19. The molecule has 25 heavy (non-hydrogen) atoms. The lowest BCUT2D eigenvalue weighted by atomic mass is 10.0. The molecule has 0 aliphatic carbocycles. The lowest BCUT2D eigenvalue weighted by molar-refractivity contribution is 0.0188. The standard InChI is InChI=1S/C18H21ClN2O4/c1-9-15-10-6-14(24-5)12(19)7-13(10)20-16(22)11(15)8-21(9)17(23)25-18(2,3)4/h6-7,9H,8H2,1-5H3,(H,20,22)/t9-/m0/s1. The van der Waals surface area contributed by atoms with Crippen LogP contribution in [0.5, 0.6) is 5.75 Å². The summed E-state index contributed by atoms with van der Waals surface area (Å²) in [5, 5.41) is 1.23. The average Bonchev–Trinajstić information content (AvgIpc) is 2.84. The summed E-state index contributed by atoms with van der Waals surface area (Å²) in [5.41, 5.74) is 1.17. The van der Waals surface area contributed by atoms with Crippen molar-refractivity contribution in [3.8, 4) is 5.75 Å². The van der Waals surface area contributed by atoms with Gasteiger partial charge in [0.1, 0.15) is 11.4 Å². The number of nitrogens with zero attached hydrogens (tertiary/aromatic N) is 1. The minimum absolute atomic E-state index is 0.210. The highest BCUT2D eigenvalue weighted by atomic mass is 35.5. The number of H-pyrrole nitrogens is 1. The third-order valence-electron chi connectivity index (χ3n) is 4.27. The molecule has 0 fully saturated rings. The van der Waals surface area contributed by atoms with Crippen molar-refractivity contribution in [3.05, 3.63) is 38.6 Å². The fourth-order valence-electron chi connectivity index (χ4n) is 3.16. The van der Waals surface area contributed by atoms with E-state index in [0.717, 1.165) is 10.9 Å². The van der Waals surface area contributed by atoms with Crippen molar-refractivity contribution in [2.75, 3.05) is 7.11 Å². The molecular formula is C18H21ClN2O4. The van der Waals surface area contributed by atoms with Gasteiger partial charge < -0.3 is 14.5 Å². The van der Waals surface area contributed by atoms with E-state index in [-0.39, 0.29) is 18.1 Å². The summed E-state index contributed by atoms with van der Waals surface area (Å²) in [5.74, 6) is 0.520. The molecule has 0 saturated heterocycles. The number of methoxy groups -OCH3 is 1. The Balaban J connectivity index is 2.12. The molecule has 1 aliphatic rings. The first-order valence-electron chi connectivity index (χ1n) is 8.04. The van der Waals surface area contributed by atoms with E-state index in [1.807, 2.05) is 27.7 Å². The van der Waals surface area contributed by atoms with E-state index in [4.69, 9.17) is 21.1 Å². The fourth-order valence-corrected chi connectivity index (χ4v) is 3.40. The number of rotatable bonds is 1. The van der Waals surface area contributed by atoms with Crippen LogP contribution in [0.4, 0.5) is 4.79 Å². The number of carbonyl (C=O) groups excluding carboxylic acids is 1. The molecule has 3 rings (SSSR count). The molecule has 0 radical (unpaired) electrons. The summed E-state index contributed by atoms with van der Waals surface area (Å²) in [6, 6.07) is 3.17. The van der Waals surface area contributed by atoms with Gasteiger partial charge in [0.25, 0.3) is 5.56 Å². The van der Waals surface area contributed by atoms with Gasteiger partial charge in [0.15, 0.2) is 0 Å². The summed E-state index contributed by atoms with van der Waals surface area (Å²) >= 11 is 6.16. The second-order valence-electron chi connectivity index (χ2n) is 7.16. The fraction of sp³-hybridized carbons (Fsp3) is 0.444. The summed E-state index contributed by atoms with van der Waals surface area (Å²) in [4.78, 5) is 29.4. The summed E-state index contributed by atoms with van der Waals surface area (Å²) in [6.45, 7) is 7.53. The van der Waals surface area contributed by atoms with E-state index >= 15 is 0 Å². The van der Waals surface area contributed by atoms with Gasteiger partial charge in [-0.05, 0) is 45.4 Å². The minimum atomic E-state index is -0.600. The highest BCUT2D eigenvalue weighted by Gasteiger charge is 2.36. The Hall–Kier alpha value is -2.21. The molecule has 2 heterocycles. The Morgan fingerprint density at radius 1 is 1.36 bits per heavy atom. The van der Waals surface area contributed by atoms with E-state index < -0.39 is 11.7 Å². The predicted octanol–water partition coefficient (Wildman–Crippen LogP) is 4.00. The zero-order valence-corrected chi connectivity index (χ0v) is 15.7. The van der Waals surface area contributed by atoms with Crippen molar-refractivity contribution in [1.82, 2.24) is 9.88 Å². The number of carbonyl (C=O) groups is 1. The topological polar surface area (TPSA) is 71.6 Å². The lowest BCUT2D eigenvalue weighted by Crippen LogP contribution is -2.35. The highest BCUT2D eigenvalue weighted by molar-refractivity contribution is 6.32. The monoisotopic (exact) mass is 364 g/mol. The number of aromatic nitrogens is 1. The molecule has 134 valence electrons. The van der Waals surface area contributed by atoms with Gasteiger partial charge in [-0.3, -0.25) is 9.69 Å². The van der Waals surface area contributed by atoms with Gasteiger partial charge in [0, 0.05) is 10.9 Å². The number of ether oxygens (including phenoxy) is 2. The molecular weight excluding hydrogens is 344 g/mol. The Morgan fingerprint density at radius 3 is 2.64 bits per heavy atom. The van der Waals surface area contributed by atoms with E-state index in [2.05, 4.69) is 4.98 Å². The predicted molar refractivity (Wildman–Crippen MR) is 96.3 cm³/mol. The van der Waals surface area contributed by atoms with Crippen LogP contribution in [0.25, 0.3) is 10.9 Å². The Morgan fingerprint density at radius 2 is 2.04 bits per heavy atom. The van der Waals surface area contributed by atoms with Crippen molar-refractivity contribution >= 4 is 28.6 Å². The third kappa shape index (κ3) is 3.06. The molecule has 0 bridgehead atoms. The van der Waals surface area contributed by atoms with Crippen LogP contribution in [0.2, 0.25) is 5.02 Å². The van der Waals surface area contributed by atoms with Gasteiger partial charge in [-0.1, -0.05) is 11.6 Å². The second kappa shape index (κ2) is 5.95. The van der Waals surface area contributed by atoms with E-state index in [0.29, 0.717) is 21.9 Å². The molecule has 0 unspecified atom stereocenters. The summed E-state index contributed by atoms with van der Waals surface area (Å²) in [6.07, 6.45) is -0.440. The number of aromatic amines is 1. The van der Waals surface area contributed by atoms with Crippen molar-refractivity contribution in [3.63, 3.8) is 0 Å².